The molecule has 2 N–H and O–H groups in total. The van der Waals surface area contributed by atoms with E-state index in [1.165, 1.54) is 0 Å². The van der Waals surface area contributed by atoms with Gasteiger partial charge in [0, 0.05) is 12.1 Å². The number of carbonyl (C=O) groups is 3. The number of nitrogens with one attached hydrogen (secondary N) is 2. The molecule has 2 aromatic rings. The molecule has 0 spiro atoms. The van der Waals surface area contributed by atoms with Gasteiger partial charge in [0.1, 0.15) is 17.8 Å². The van der Waals surface area contributed by atoms with Crippen LogP contribution in [0.5, 0.6) is 5.75 Å². The van der Waals surface area contributed by atoms with Crippen molar-refractivity contribution in [2.24, 2.45) is 0 Å². The number of urea groups is 1. The summed E-state index contributed by atoms with van der Waals surface area (Å²) in [6.07, 6.45) is 0.260. The number of methoxy groups -OCH3 is 1. The normalized spacial score (nSPS) is 18.4. The molecule has 0 radical (unpaired) electrons. The van der Waals surface area contributed by atoms with E-state index >= 15 is 0 Å². The van der Waals surface area contributed by atoms with Gasteiger partial charge in [-0.05, 0) is 50.5 Å². The zero-order valence-electron chi connectivity index (χ0n) is 18.0. The molecule has 0 aromatic heterocycles. The Kier molecular flexibility index (Phi) is 5.82. The highest BCUT2D eigenvalue weighted by molar-refractivity contribution is 6.10. The second kappa shape index (κ2) is 8.18. The molecule has 7 nitrogen and oxygen atoms in total. The first-order chi connectivity index (χ1) is 14.1. The Morgan fingerprint density at radius 3 is 2.40 bits per heavy atom. The topological polar surface area (TPSA) is 87.7 Å². The Morgan fingerprint density at radius 1 is 1.13 bits per heavy atom. The van der Waals surface area contributed by atoms with E-state index < -0.39 is 23.4 Å². The predicted molar refractivity (Wildman–Crippen MR) is 115 cm³/mol. The van der Waals surface area contributed by atoms with Gasteiger partial charge in [0.25, 0.3) is 5.91 Å². The number of aryl methyl sites for hydroxylation is 3. The molecule has 0 saturated carbocycles. The number of rotatable bonds is 6. The largest absolute Gasteiger partial charge is 0.496 e. The lowest BCUT2D eigenvalue weighted by Gasteiger charge is -2.23. The fourth-order valence-electron chi connectivity index (χ4n) is 3.94. The molecule has 2 aromatic carbocycles. The molecule has 158 valence electrons. The number of para-hydroxylation sites is 1. The SMILES string of the molecule is COc1ccccc1C[C@@]1(C)NC(=O)N(CC(=O)Nc2c(C)cc(C)cc2C)C1=O. The number of benzene rings is 2. The second-order valence-corrected chi connectivity index (χ2v) is 7.96. The Bertz CT molecular complexity index is 994. The Balaban J connectivity index is 1.74. The minimum absolute atomic E-state index is 0.260. The van der Waals surface area contributed by atoms with E-state index in [1.807, 2.05) is 51.1 Å². The van der Waals surface area contributed by atoms with Crippen molar-refractivity contribution in [2.45, 2.75) is 39.7 Å². The van der Waals surface area contributed by atoms with E-state index in [0.29, 0.717) is 11.4 Å². The van der Waals surface area contributed by atoms with Crippen LogP contribution in [0.4, 0.5) is 10.5 Å². The maximum Gasteiger partial charge on any atom is 0.325 e. The second-order valence-electron chi connectivity index (χ2n) is 7.96. The molecule has 7 heteroatoms. The first-order valence-electron chi connectivity index (χ1n) is 9.78. The minimum Gasteiger partial charge on any atom is -0.496 e. The summed E-state index contributed by atoms with van der Waals surface area (Å²) >= 11 is 0. The average molecular weight is 409 g/mol. The highest BCUT2D eigenvalue weighted by Crippen LogP contribution is 2.28. The fraction of sp³-hybridized carbons (Fsp3) is 0.348. The molecule has 1 heterocycles. The summed E-state index contributed by atoms with van der Waals surface area (Å²) < 4.78 is 5.35. The lowest BCUT2D eigenvalue weighted by atomic mass is 9.92. The molecule has 30 heavy (non-hydrogen) atoms. The predicted octanol–water partition coefficient (Wildman–Crippen LogP) is 3.11. The molecule has 0 unspecified atom stereocenters. The van der Waals surface area contributed by atoms with E-state index in [4.69, 9.17) is 4.74 Å². The van der Waals surface area contributed by atoms with Crippen LogP contribution in [0, 0.1) is 20.8 Å². The van der Waals surface area contributed by atoms with Crippen molar-refractivity contribution in [1.29, 1.82) is 0 Å². The van der Waals surface area contributed by atoms with Gasteiger partial charge in [-0.3, -0.25) is 14.5 Å². The summed E-state index contributed by atoms with van der Waals surface area (Å²) in [6.45, 7) is 7.12. The third-order valence-electron chi connectivity index (χ3n) is 5.32. The van der Waals surface area contributed by atoms with Crippen LogP contribution in [0.1, 0.15) is 29.2 Å². The van der Waals surface area contributed by atoms with E-state index in [1.54, 1.807) is 20.1 Å². The number of amides is 4. The van der Waals surface area contributed by atoms with Gasteiger partial charge >= 0.3 is 6.03 Å². The third kappa shape index (κ3) is 4.15. The molecule has 1 fully saturated rings. The zero-order chi connectivity index (χ0) is 22.1. The summed E-state index contributed by atoms with van der Waals surface area (Å²) in [5, 5.41) is 5.57. The van der Waals surface area contributed by atoms with E-state index in [0.717, 1.165) is 27.2 Å². The number of hydrogen-bond donors (Lipinski definition) is 2. The van der Waals surface area contributed by atoms with Crippen molar-refractivity contribution in [2.75, 3.05) is 19.0 Å². The summed E-state index contributed by atoms with van der Waals surface area (Å²) in [6, 6.07) is 10.7. The molecule has 3 rings (SSSR count). The van der Waals surface area contributed by atoms with Crippen LogP contribution in [0.15, 0.2) is 36.4 Å². The average Bonchev–Trinajstić information content (AvgIpc) is 2.88. The number of nitrogens with zero attached hydrogens (tertiary/aromatic N) is 1. The molecule has 1 atom stereocenters. The van der Waals surface area contributed by atoms with Gasteiger partial charge in [-0.15, -0.1) is 0 Å². The number of anilines is 1. The smallest absolute Gasteiger partial charge is 0.325 e. The summed E-state index contributed by atoms with van der Waals surface area (Å²) in [5.74, 6) is -0.219. The Labute approximate surface area is 176 Å². The van der Waals surface area contributed by atoms with Crippen LogP contribution < -0.4 is 15.4 Å². The minimum atomic E-state index is -1.15. The number of hydrogen-bond acceptors (Lipinski definition) is 4. The van der Waals surface area contributed by atoms with Gasteiger partial charge in [-0.1, -0.05) is 35.9 Å². The highest BCUT2D eigenvalue weighted by atomic mass is 16.5. The molecule has 1 saturated heterocycles. The first kappa shape index (κ1) is 21.4. The van der Waals surface area contributed by atoms with Crippen molar-refractivity contribution in [3.05, 3.63) is 58.7 Å². The van der Waals surface area contributed by atoms with E-state index in [2.05, 4.69) is 10.6 Å². The van der Waals surface area contributed by atoms with Gasteiger partial charge in [-0.25, -0.2) is 4.79 Å². The van der Waals surface area contributed by atoms with Crippen LogP contribution in [0.25, 0.3) is 0 Å². The van der Waals surface area contributed by atoms with Gasteiger partial charge in [0.15, 0.2) is 0 Å². The molecule has 4 amide bonds. The van der Waals surface area contributed by atoms with Crippen LogP contribution >= 0.6 is 0 Å². The van der Waals surface area contributed by atoms with Crippen LogP contribution in [-0.2, 0) is 16.0 Å². The standard InChI is InChI=1S/C23H27N3O4/c1-14-10-15(2)20(16(3)11-14)24-19(27)13-26-21(28)23(4,25-22(26)29)12-17-8-6-7-9-18(17)30-5/h6-11H,12-13H2,1-5H3,(H,24,27)(H,25,29)/t23-/m1/s1. The van der Waals surface area contributed by atoms with Gasteiger partial charge in [0.05, 0.1) is 7.11 Å². The third-order valence-corrected chi connectivity index (χ3v) is 5.32. The van der Waals surface area contributed by atoms with Crippen molar-refractivity contribution in [3.63, 3.8) is 0 Å². The first-order valence-corrected chi connectivity index (χ1v) is 9.78. The molecule has 1 aliphatic rings. The number of imide groups is 1. The van der Waals surface area contributed by atoms with Crippen LogP contribution in [0.2, 0.25) is 0 Å². The quantitative estimate of drug-likeness (QED) is 0.718. The maximum atomic E-state index is 13.0. The van der Waals surface area contributed by atoms with Gasteiger partial charge in [0.2, 0.25) is 5.91 Å². The summed E-state index contributed by atoms with van der Waals surface area (Å²) in [5.41, 5.74) is 3.31. The number of carbonyl (C=O) groups excluding carboxylic acids is 3. The Morgan fingerprint density at radius 2 is 1.77 bits per heavy atom. The fourth-order valence-corrected chi connectivity index (χ4v) is 3.94. The maximum absolute atomic E-state index is 13.0. The molecular weight excluding hydrogens is 382 g/mol. The lowest BCUT2D eigenvalue weighted by Crippen LogP contribution is -2.46. The van der Waals surface area contributed by atoms with E-state index in [9.17, 15) is 14.4 Å². The lowest BCUT2D eigenvalue weighted by molar-refractivity contribution is -0.133. The molecule has 1 aliphatic heterocycles. The molecule has 0 bridgehead atoms. The van der Waals surface area contributed by atoms with Crippen molar-refractivity contribution in [3.8, 4) is 5.75 Å². The highest BCUT2D eigenvalue weighted by Gasteiger charge is 2.48. The summed E-state index contributed by atoms with van der Waals surface area (Å²) in [7, 11) is 1.56. The Hall–Kier alpha value is -3.35. The van der Waals surface area contributed by atoms with Crippen molar-refractivity contribution < 1.29 is 19.1 Å². The van der Waals surface area contributed by atoms with Gasteiger partial charge < -0.3 is 15.4 Å². The zero-order valence-corrected chi connectivity index (χ0v) is 18.0. The van der Waals surface area contributed by atoms with Crippen molar-refractivity contribution in [1.82, 2.24) is 10.2 Å². The van der Waals surface area contributed by atoms with Gasteiger partial charge in [-0.2, -0.15) is 0 Å². The molecular formula is C23H27N3O4. The monoisotopic (exact) mass is 409 g/mol. The van der Waals surface area contributed by atoms with Crippen molar-refractivity contribution >= 4 is 23.5 Å². The summed E-state index contributed by atoms with van der Waals surface area (Å²) in [4.78, 5) is 39.1. The van der Waals surface area contributed by atoms with Crippen LogP contribution in [0.3, 0.4) is 0 Å². The number of ether oxygens (including phenoxy) is 1. The van der Waals surface area contributed by atoms with E-state index in [-0.39, 0.29) is 13.0 Å². The van der Waals surface area contributed by atoms with Crippen LogP contribution in [-0.4, -0.2) is 41.9 Å². The molecule has 0 aliphatic carbocycles.